The van der Waals surface area contributed by atoms with Gasteiger partial charge in [-0.1, -0.05) is 69.8 Å². The Morgan fingerprint density at radius 3 is 2.12 bits per heavy atom. The molecule has 1 amide bonds. The fourth-order valence-corrected chi connectivity index (χ4v) is 4.65. The van der Waals surface area contributed by atoms with Crippen LogP contribution >= 0.6 is 11.6 Å². The van der Waals surface area contributed by atoms with Crippen LogP contribution in [0.1, 0.15) is 68.8 Å². The maximum atomic E-state index is 12.5. The maximum absolute atomic E-state index is 12.5. The van der Waals surface area contributed by atoms with E-state index < -0.39 is 23.5 Å². The number of hydrogen-bond acceptors (Lipinski definition) is 6. The molecule has 1 aliphatic carbocycles. The molecule has 0 aliphatic heterocycles. The van der Waals surface area contributed by atoms with E-state index in [1.54, 1.807) is 18.2 Å². The number of ether oxygens (including phenoxy) is 1. The Morgan fingerprint density at radius 1 is 0.976 bits per heavy atom. The van der Waals surface area contributed by atoms with Gasteiger partial charge < -0.3 is 15.6 Å². The van der Waals surface area contributed by atoms with E-state index >= 15 is 0 Å². The lowest BCUT2D eigenvalue weighted by Gasteiger charge is -2.34. The molecule has 1 saturated carbocycles. The van der Waals surface area contributed by atoms with E-state index in [1.807, 2.05) is 18.2 Å². The molecule has 41 heavy (non-hydrogen) atoms. The van der Waals surface area contributed by atoms with Crippen LogP contribution in [0.5, 0.6) is 6.01 Å². The summed E-state index contributed by atoms with van der Waals surface area (Å²) in [6, 6.07) is 12.9. The average molecular weight is 593 g/mol. The highest BCUT2D eigenvalue weighted by molar-refractivity contribution is 6.33. The summed E-state index contributed by atoms with van der Waals surface area (Å²) in [6.45, 7) is 6.42. The van der Waals surface area contributed by atoms with Gasteiger partial charge in [0.15, 0.2) is 17.1 Å². The summed E-state index contributed by atoms with van der Waals surface area (Å²) in [5.74, 6) is -1.53. The molecule has 0 bridgehead atoms. The van der Waals surface area contributed by atoms with Gasteiger partial charge in [-0.2, -0.15) is 23.1 Å². The number of rotatable bonds is 5. The number of methoxy groups -OCH3 is 1. The van der Waals surface area contributed by atoms with E-state index in [1.165, 1.54) is 7.11 Å². The number of carboxylic acids is 1. The van der Waals surface area contributed by atoms with E-state index in [9.17, 15) is 22.8 Å². The van der Waals surface area contributed by atoms with E-state index in [0.717, 1.165) is 11.1 Å². The van der Waals surface area contributed by atoms with Crippen LogP contribution in [0.2, 0.25) is 5.02 Å². The third-order valence-electron chi connectivity index (χ3n) is 6.94. The van der Waals surface area contributed by atoms with Crippen molar-refractivity contribution in [2.45, 2.75) is 64.5 Å². The Bertz CT molecular complexity index is 1420. The second-order valence-electron chi connectivity index (χ2n) is 10.8. The van der Waals surface area contributed by atoms with Crippen LogP contribution in [0.3, 0.4) is 0 Å². The summed E-state index contributed by atoms with van der Waals surface area (Å²) in [5, 5.41) is 9.00. The van der Waals surface area contributed by atoms with Crippen molar-refractivity contribution in [3.63, 3.8) is 0 Å². The van der Waals surface area contributed by atoms with E-state index in [0.29, 0.717) is 47.1 Å². The summed E-state index contributed by atoms with van der Waals surface area (Å²) in [4.78, 5) is 35.4. The van der Waals surface area contributed by atoms with Gasteiger partial charge in [0.05, 0.1) is 12.1 Å². The monoisotopic (exact) mass is 592 g/mol. The normalized spacial score (nSPS) is 14.9. The lowest BCUT2D eigenvalue weighted by Crippen LogP contribution is -2.46. The van der Waals surface area contributed by atoms with Crippen LogP contribution in [0.15, 0.2) is 42.5 Å². The number of nitrogens with two attached hydrogens (primary N) is 1. The molecule has 1 aromatic heterocycles. The third-order valence-corrected chi connectivity index (χ3v) is 7.26. The molecule has 3 N–H and O–H groups in total. The Kier molecular flexibility index (Phi) is 9.63. The molecule has 4 rings (SSSR count). The SMILES string of the molecule is COc1nc(-c2cccc(C(C)(C)C)c2)nc(-c2cc(C(N)=O)ccc2Cl)n1.O=C(O)C1(C(F)(F)F)CCCCC1. The number of hydrogen-bond donors (Lipinski definition) is 2. The Balaban J connectivity index is 0.000000298. The molecule has 3 aromatic rings. The molecule has 1 heterocycles. The zero-order valence-corrected chi connectivity index (χ0v) is 23.9. The van der Waals surface area contributed by atoms with Crippen molar-refractivity contribution in [2.75, 3.05) is 7.11 Å². The standard InChI is InChI=1S/C21H21ClN4O2.C8H11F3O2/c1-21(2,3)14-7-5-6-13(10-14)18-24-19(26-20(25-18)28-4)15-11-12(17(23)27)8-9-16(15)22;9-8(10,11)7(6(12)13)4-2-1-3-5-7/h5-11H,1-4H3,(H2,23,27);1-5H2,(H,12,13). The van der Waals surface area contributed by atoms with E-state index in [2.05, 4.69) is 41.8 Å². The van der Waals surface area contributed by atoms with Gasteiger partial charge in [-0.25, -0.2) is 4.98 Å². The van der Waals surface area contributed by atoms with Gasteiger partial charge in [0.1, 0.15) is 0 Å². The summed E-state index contributed by atoms with van der Waals surface area (Å²) in [5.41, 5.74) is 5.68. The number of amides is 1. The van der Waals surface area contributed by atoms with Gasteiger partial charge in [0.25, 0.3) is 0 Å². The molecule has 0 atom stereocenters. The van der Waals surface area contributed by atoms with Gasteiger partial charge in [0.2, 0.25) is 5.91 Å². The number of aromatic nitrogens is 3. The minimum atomic E-state index is -4.61. The molecule has 1 aliphatic rings. The predicted molar refractivity (Wildman–Crippen MR) is 149 cm³/mol. The number of aliphatic carboxylic acids is 1. The first-order valence-electron chi connectivity index (χ1n) is 12.9. The zero-order valence-electron chi connectivity index (χ0n) is 23.2. The van der Waals surface area contributed by atoms with E-state index in [4.69, 9.17) is 27.2 Å². The molecular formula is C29H32ClF3N4O4. The van der Waals surface area contributed by atoms with Gasteiger partial charge in [-0.05, 0) is 48.1 Å². The smallest absolute Gasteiger partial charge is 0.404 e. The van der Waals surface area contributed by atoms with Crippen molar-refractivity contribution < 1.29 is 32.6 Å². The van der Waals surface area contributed by atoms with E-state index in [-0.39, 0.29) is 24.3 Å². The fraction of sp³-hybridized carbons (Fsp3) is 0.414. The minimum Gasteiger partial charge on any atom is -0.481 e. The van der Waals surface area contributed by atoms with Gasteiger partial charge in [-0.3, -0.25) is 9.59 Å². The van der Waals surface area contributed by atoms with Crippen LogP contribution in [-0.4, -0.2) is 45.2 Å². The van der Waals surface area contributed by atoms with Crippen LogP contribution in [-0.2, 0) is 10.2 Å². The van der Waals surface area contributed by atoms with Crippen LogP contribution in [0, 0.1) is 5.41 Å². The molecule has 220 valence electrons. The number of alkyl halides is 3. The number of primary amides is 1. The van der Waals surface area contributed by atoms with Gasteiger partial charge >= 0.3 is 18.2 Å². The van der Waals surface area contributed by atoms with Crippen molar-refractivity contribution >= 4 is 23.5 Å². The largest absolute Gasteiger partial charge is 0.481 e. The zero-order chi connectivity index (χ0) is 30.6. The Morgan fingerprint density at radius 2 is 1.61 bits per heavy atom. The average Bonchev–Trinajstić information content (AvgIpc) is 2.92. The Hall–Kier alpha value is -3.73. The second kappa shape index (κ2) is 12.4. The first-order chi connectivity index (χ1) is 19.1. The number of benzene rings is 2. The first-order valence-corrected chi connectivity index (χ1v) is 13.3. The van der Waals surface area contributed by atoms with Crippen molar-refractivity contribution in [1.29, 1.82) is 0 Å². The van der Waals surface area contributed by atoms with Crippen LogP contribution in [0.25, 0.3) is 22.8 Å². The quantitative estimate of drug-likeness (QED) is 0.331. The second-order valence-corrected chi connectivity index (χ2v) is 11.2. The number of carbonyl (C=O) groups excluding carboxylic acids is 1. The highest BCUT2D eigenvalue weighted by atomic mass is 35.5. The lowest BCUT2D eigenvalue weighted by molar-refractivity contribution is -0.239. The summed E-state index contributed by atoms with van der Waals surface area (Å²) in [6.07, 6.45) is -3.75. The molecule has 1 fully saturated rings. The Labute approximate surface area is 241 Å². The molecule has 12 heteroatoms. The molecule has 0 radical (unpaired) electrons. The number of nitrogens with zero attached hydrogens (tertiary/aromatic N) is 3. The third kappa shape index (κ3) is 7.32. The van der Waals surface area contributed by atoms with Crippen molar-refractivity contribution in [1.82, 2.24) is 15.0 Å². The van der Waals surface area contributed by atoms with Crippen LogP contribution in [0.4, 0.5) is 13.2 Å². The summed E-state index contributed by atoms with van der Waals surface area (Å²) >= 11 is 6.32. The number of carbonyl (C=O) groups is 2. The lowest BCUT2D eigenvalue weighted by atomic mass is 9.73. The summed E-state index contributed by atoms with van der Waals surface area (Å²) in [7, 11) is 1.48. The molecule has 8 nitrogen and oxygen atoms in total. The molecular weight excluding hydrogens is 561 g/mol. The van der Waals surface area contributed by atoms with Crippen molar-refractivity contribution in [3.8, 4) is 28.8 Å². The molecule has 2 aromatic carbocycles. The minimum absolute atomic E-state index is 0.0188. The number of halogens is 4. The maximum Gasteiger partial charge on any atom is 0.404 e. The molecule has 0 unspecified atom stereocenters. The van der Waals surface area contributed by atoms with Crippen LogP contribution < -0.4 is 10.5 Å². The first kappa shape index (κ1) is 31.8. The van der Waals surface area contributed by atoms with Crippen molar-refractivity contribution in [3.05, 3.63) is 58.6 Å². The van der Waals surface area contributed by atoms with Gasteiger partial charge in [0, 0.05) is 16.7 Å². The topological polar surface area (TPSA) is 128 Å². The summed E-state index contributed by atoms with van der Waals surface area (Å²) < 4.78 is 42.7. The molecule has 0 spiro atoms. The number of carboxylic acid groups (broad SMARTS) is 1. The highest BCUT2D eigenvalue weighted by Gasteiger charge is 2.60. The van der Waals surface area contributed by atoms with Gasteiger partial charge in [-0.15, -0.1) is 0 Å². The molecule has 0 saturated heterocycles. The fourth-order valence-electron chi connectivity index (χ4n) is 4.45. The highest BCUT2D eigenvalue weighted by Crippen LogP contribution is 2.49. The van der Waals surface area contributed by atoms with Crippen molar-refractivity contribution in [2.24, 2.45) is 11.1 Å². The predicted octanol–water partition coefficient (Wildman–Crippen LogP) is 6.85.